The first-order chi connectivity index (χ1) is 6.97. The summed E-state index contributed by atoms with van der Waals surface area (Å²) in [5.74, 6) is 0.856. The molecule has 0 unspecified atom stereocenters. The number of piperidine rings is 1. The lowest BCUT2D eigenvalue weighted by molar-refractivity contribution is 0.0152. The molecule has 1 aliphatic carbocycles. The smallest absolute Gasteiger partial charge is 0.103 e. The summed E-state index contributed by atoms with van der Waals surface area (Å²) in [5.41, 5.74) is 0.453. The van der Waals surface area contributed by atoms with Gasteiger partial charge in [0.15, 0.2) is 0 Å². The van der Waals surface area contributed by atoms with Crippen LogP contribution in [0.1, 0.15) is 46.5 Å². The highest BCUT2D eigenvalue weighted by atomic mass is 19.1. The van der Waals surface area contributed by atoms with Crippen LogP contribution in [0, 0.1) is 11.3 Å². The van der Waals surface area contributed by atoms with Crippen LogP contribution in [0.4, 0.5) is 4.39 Å². The van der Waals surface area contributed by atoms with Crippen molar-refractivity contribution in [2.24, 2.45) is 11.3 Å². The van der Waals surface area contributed by atoms with E-state index in [0.29, 0.717) is 11.5 Å². The largest absolute Gasteiger partial charge is 0.300 e. The molecular formula is C13H24FN. The zero-order valence-electron chi connectivity index (χ0n) is 10.3. The summed E-state index contributed by atoms with van der Waals surface area (Å²) in [7, 11) is 0. The van der Waals surface area contributed by atoms with Gasteiger partial charge >= 0.3 is 0 Å². The van der Waals surface area contributed by atoms with E-state index in [0.717, 1.165) is 18.8 Å². The standard InChI is InChI=1S/C13H24FN/c1-13(2,3)10-4-6-15(7-5-10)12-8-11(14)9-12/h10-12H,4-9H2,1-3H3. The van der Waals surface area contributed by atoms with E-state index in [2.05, 4.69) is 25.7 Å². The van der Waals surface area contributed by atoms with E-state index in [4.69, 9.17) is 0 Å². The molecule has 0 radical (unpaired) electrons. The molecular weight excluding hydrogens is 189 g/mol. The Bertz CT molecular complexity index is 207. The summed E-state index contributed by atoms with van der Waals surface area (Å²) in [4.78, 5) is 2.51. The first-order valence-electron chi connectivity index (χ1n) is 6.35. The third kappa shape index (κ3) is 2.52. The summed E-state index contributed by atoms with van der Waals surface area (Å²) >= 11 is 0. The third-order valence-electron chi connectivity index (χ3n) is 4.33. The van der Waals surface area contributed by atoms with Crippen molar-refractivity contribution in [3.8, 4) is 0 Å². The molecule has 15 heavy (non-hydrogen) atoms. The van der Waals surface area contributed by atoms with Crippen molar-refractivity contribution in [2.45, 2.75) is 58.7 Å². The predicted octanol–water partition coefficient (Wildman–Crippen LogP) is 3.25. The first kappa shape index (κ1) is 11.4. The fourth-order valence-corrected chi connectivity index (χ4v) is 2.95. The van der Waals surface area contributed by atoms with Gasteiger partial charge in [-0.05, 0) is 50.1 Å². The lowest BCUT2D eigenvalue weighted by Gasteiger charge is -2.45. The maximum Gasteiger partial charge on any atom is 0.103 e. The quantitative estimate of drug-likeness (QED) is 0.646. The molecule has 0 amide bonds. The Morgan fingerprint density at radius 2 is 1.60 bits per heavy atom. The molecule has 1 nitrogen and oxygen atoms in total. The van der Waals surface area contributed by atoms with E-state index in [1.165, 1.54) is 25.9 Å². The van der Waals surface area contributed by atoms with Gasteiger partial charge in [0.1, 0.15) is 6.17 Å². The van der Waals surface area contributed by atoms with Gasteiger partial charge in [-0.1, -0.05) is 20.8 Å². The molecule has 2 fully saturated rings. The highest BCUT2D eigenvalue weighted by molar-refractivity contribution is 4.90. The van der Waals surface area contributed by atoms with Crippen LogP contribution in [0.5, 0.6) is 0 Å². The van der Waals surface area contributed by atoms with Crippen molar-refractivity contribution < 1.29 is 4.39 Å². The Labute approximate surface area is 93.0 Å². The van der Waals surface area contributed by atoms with Crippen molar-refractivity contribution in [2.75, 3.05) is 13.1 Å². The minimum absolute atomic E-state index is 0.453. The van der Waals surface area contributed by atoms with E-state index in [9.17, 15) is 4.39 Å². The summed E-state index contributed by atoms with van der Waals surface area (Å²) < 4.78 is 12.8. The third-order valence-corrected chi connectivity index (χ3v) is 4.33. The SMILES string of the molecule is CC(C)(C)C1CCN(C2CC(F)C2)CC1. The molecule has 0 spiro atoms. The van der Waals surface area contributed by atoms with Gasteiger partial charge in [-0.3, -0.25) is 0 Å². The van der Waals surface area contributed by atoms with Crippen molar-refractivity contribution in [1.82, 2.24) is 4.90 Å². The van der Waals surface area contributed by atoms with Gasteiger partial charge in [0.05, 0.1) is 0 Å². The zero-order chi connectivity index (χ0) is 11.1. The molecule has 0 bridgehead atoms. The minimum Gasteiger partial charge on any atom is -0.300 e. The molecule has 0 atom stereocenters. The van der Waals surface area contributed by atoms with E-state index in [1.807, 2.05) is 0 Å². The minimum atomic E-state index is -0.504. The number of likely N-dealkylation sites (tertiary alicyclic amines) is 1. The van der Waals surface area contributed by atoms with Gasteiger partial charge in [0.2, 0.25) is 0 Å². The summed E-state index contributed by atoms with van der Waals surface area (Å²) in [5, 5.41) is 0. The molecule has 0 aromatic rings. The first-order valence-corrected chi connectivity index (χ1v) is 6.35. The molecule has 1 heterocycles. The molecule has 1 aliphatic heterocycles. The van der Waals surface area contributed by atoms with Gasteiger partial charge in [0.25, 0.3) is 0 Å². The molecule has 1 saturated carbocycles. The van der Waals surface area contributed by atoms with Crippen LogP contribution in [0.15, 0.2) is 0 Å². The van der Waals surface area contributed by atoms with Gasteiger partial charge in [-0.25, -0.2) is 4.39 Å². The lowest BCUT2D eigenvalue weighted by atomic mass is 9.74. The van der Waals surface area contributed by atoms with Crippen LogP contribution in [0.25, 0.3) is 0 Å². The van der Waals surface area contributed by atoms with Crippen molar-refractivity contribution in [3.63, 3.8) is 0 Å². The maximum absolute atomic E-state index is 12.8. The van der Waals surface area contributed by atoms with Crippen LogP contribution in [0.2, 0.25) is 0 Å². The van der Waals surface area contributed by atoms with E-state index in [-0.39, 0.29) is 0 Å². The molecule has 1 saturated heterocycles. The van der Waals surface area contributed by atoms with Crippen molar-refractivity contribution >= 4 is 0 Å². The van der Waals surface area contributed by atoms with E-state index in [1.54, 1.807) is 0 Å². The number of halogens is 1. The van der Waals surface area contributed by atoms with Crippen LogP contribution in [-0.4, -0.2) is 30.2 Å². The van der Waals surface area contributed by atoms with Crippen LogP contribution in [0.3, 0.4) is 0 Å². The molecule has 0 N–H and O–H groups in total. The summed E-state index contributed by atoms with van der Waals surface area (Å²) in [6, 6.07) is 0.570. The average Bonchev–Trinajstić information content (AvgIpc) is 2.12. The molecule has 2 heteroatoms. The van der Waals surface area contributed by atoms with Crippen LogP contribution >= 0.6 is 0 Å². The number of alkyl halides is 1. The van der Waals surface area contributed by atoms with Crippen molar-refractivity contribution in [1.29, 1.82) is 0 Å². The van der Waals surface area contributed by atoms with Gasteiger partial charge in [-0.15, -0.1) is 0 Å². The molecule has 0 aromatic carbocycles. The Hall–Kier alpha value is -0.110. The van der Waals surface area contributed by atoms with Gasteiger partial charge in [-0.2, -0.15) is 0 Å². The second-order valence-electron chi connectivity index (χ2n) is 6.40. The topological polar surface area (TPSA) is 3.24 Å². The normalized spacial score (nSPS) is 35.2. The molecule has 2 rings (SSSR count). The van der Waals surface area contributed by atoms with Gasteiger partial charge < -0.3 is 4.90 Å². The fraction of sp³-hybridized carbons (Fsp3) is 1.00. The highest BCUT2D eigenvalue weighted by Crippen LogP contribution is 2.37. The lowest BCUT2D eigenvalue weighted by Crippen LogP contribution is -2.50. The predicted molar refractivity (Wildman–Crippen MR) is 61.7 cm³/mol. The number of hydrogen-bond donors (Lipinski definition) is 0. The highest BCUT2D eigenvalue weighted by Gasteiger charge is 2.37. The van der Waals surface area contributed by atoms with E-state index < -0.39 is 6.17 Å². The Morgan fingerprint density at radius 3 is 2.00 bits per heavy atom. The second kappa shape index (κ2) is 4.04. The zero-order valence-corrected chi connectivity index (χ0v) is 10.3. The van der Waals surface area contributed by atoms with Crippen LogP contribution < -0.4 is 0 Å². The Kier molecular flexibility index (Phi) is 3.07. The van der Waals surface area contributed by atoms with Crippen molar-refractivity contribution in [3.05, 3.63) is 0 Å². The van der Waals surface area contributed by atoms with Crippen LogP contribution in [-0.2, 0) is 0 Å². The number of nitrogens with zero attached hydrogens (tertiary/aromatic N) is 1. The summed E-state index contributed by atoms with van der Waals surface area (Å²) in [6.45, 7) is 9.41. The average molecular weight is 213 g/mol. The Balaban J connectivity index is 1.77. The Morgan fingerprint density at radius 1 is 1.07 bits per heavy atom. The molecule has 2 aliphatic rings. The maximum atomic E-state index is 12.8. The second-order valence-corrected chi connectivity index (χ2v) is 6.40. The fourth-order valence-electron chi connectivity index (χ4n) is 2.95. The molecule has 0 aromatic heterocycles. The van der Waals surface area contributed by atoms with E-state index >= 15 is 0 Å². The number of hydrogen-bond acceptors (Lipinski definition) is 1. The summed E-state index contributed by atoms with van der Waals surface area (Å²) in [6.07, 6.45) is 3.68. The monoisotopic (exact) mass is 213 g/mol. The number of rotatable bonds is 1. The molecule has 88 valence electrons. The van der Waals surface area contributed by atoms with Gasteiger partial charge in [0, 0.05) is 6.04 Å².